The molecule has 0 radical (unpaired) electrons. The lowest BCUT2D eigenvalue weighted by molar-refractivity contribution is -0.401. The molecule has 1 aromatic rings. The van der Waals surface area contributed by atoms with E-state index in [0.29, 0.717) is 6.20 Å². The Labute approximate surface area is 79.8 Å². The van der Waals surface area contributed by atoms with Gasteiger partial charge in [-0.15, -0.1) is 0 Å². The summed E-state index contributed by atoms with van der Waals surface area (Å²) in [6.45, 7) is 0. The second-order valence-electron chi connectivity index (χ2n) is 2.46. The third-order valence-corrected chi connectivity index (χ3v) is 1.60. The topological polar surface area (TPSA) is 52.4 Å². The number of benzene rings is 1. The number of hydrogen-bond donors (Lipinski definition) is 0. The lowest BCUT2D eigenvalue weighted by Gasteiger charge is -2.03. The summed E-state index contributed by atoms with van der Waals surface area (Å²) in [4.78, 5) is 9.38. The van der Waals surface area contributed by atoms with Gasteiger partial charge < -0.3 is 4.74 Å². The van der Waals surface area contributed by atoms with Crippen molar-refractivity contribution >= 4 is 6.08 Å². The van der Waals surface area contributed by atoms with Crippen molar-refractivity contribution in [2.45, 2.75) is 0 Å². The molecule has 4 nitrogen and oxygen atoms in total. The number of rotatable bonds is 3. The zero-order chi connectivity index (χ0) is 10.6. The Kier molecular flexibility index (Phi) is 3.17. The number of methoxy groups -OCH3 is 1. The molecule has 1 rings (SSSR count). The van der Waals surface area contributed by atoms with Crippen LogP contribution in [0.4, 0.5) is 4.39 Å². The van der Waals surface area contributed by atoms with Gasteiger partial charge in [0.1, 0.15) is 11.6 Å². The molecule has 0 saturated carbocycles. The van der Waals surface area contributed by atoms with Gasteiger partial charge >= 0.3 is 0 Å². The van der Waals surface area contributed by atoms with Gasteiger partial charge in [0.25, 0.3) is 0 Å². The largest absolute Gasteiger partial charge is 0.496 e. The number of nitrogens with zero attached hydrogens (tertiary/aromatic N) is 1. The second-order valence-corrected chi connectivity index (χ2v) is 2.46. The van der Waals surface area contributed by atoms with Crippen molar-refractivity contribution in [1.82, 2.24) is 0 Å². The average molecular weight is 197 g/mol. The highest BCUT2D eigenvalue weighted by atomic mass is 19.1. The first-order valence-corrected chi connectivity index (χ1v) is 3.79. The van der Waals surface area contributed by atoms with Gasteiger partial charge in [-0.3, -0.25) is 10.1 Å². The zero-order valence-electron chi connectivity index (χ0n) is 7.44. The van der Waals surface area contributed by atoms with E-state index in [1.165, 1.54) is 25.3 Å². The average Bonchev–Trinajstić information content (AvgIpc) is 2.15. The third-order valence-electron chi connectivity index (χ3n) is 1.60. The van der Waals surface area contributed by atoms with E-state index in [4.69, 9.17) is 4.74 Å². The molecule has 5 heteroatoms. The third kappa shape index (κ3) is 2.29. The Morgan fingerprint density at radius 1 is 1.57 bits per heavy atom. The van der Waals surface area contributed by atoms with Gasteiger partial charge in [0.15, 0.2) is 0 Å². The minimum absolute atomic E-state index is 0.0756. The van der Waals surface area contributed by atoms with E-state index in [1.54, 1.807) is 0 Å². The van der Waals surface area contributed by atoms with Crippen molar-refractivity contribution in [2.24, 2.45) is 0 Å². The van der Waals surface area contributed by atoms with E-state index in [1.807, 2.05) is 0 Å². The Morgan fingerprint density at radius 2 is 2.29 bits per heavy atom. The molecule has 0 amide bonds. The SMILES string of the molecule is COc1cccc(F)c1/C=C/[N+](=O)[O-]. The van der Waals surface area contributed by atoms with Crippen LogP contribution in [0.5, 0.6) is 5.75 Å². The molecule has 0 aromatic heterocycles. The van der Waals surface area contributed by atoms with Crippen LogP contribution < -0.4 is 4.74 Å². The van der Waals surface area contributed by atoms with E-state index in [9.17, 15) is 14.5 Å². The molecule has 0 fully saturated rings. The fourth-order valence-corrected chi connectivity index (χ4v) is 0.992. The van der Waals surface area contributed by atoms with Crippen LogP contribution in [0.15, 0.2) is 24.4 Å². The van der Waals surface area contributed by atoms with Crippen LogP contribution in [0.1, 0.15) is 5.56 Å². The Bertz CT molecular complexity index is 376. The quantitative estimate of drug-likeness (QED) is 0.550. The van der Waals surface area contributed by atoms with Gasteiger partial charge in [0, 0.05) is 6.08 Å². The summed E-state index contributed by atoms with van der Waals surface area (Å²) in [5.41, 5.74) is 0.0756. The molecule has 0 aliphatic rings. The van der Waals surface area contributed by atoms with Crippen molar-refractivity contribution in [3.05, 3.63) is 45.9 Å². The molecule has 0 aliphatic carbocycles. The van der Waals surface area contributed by atoms with Crippen molar-refractivity contribution < 1.29 is 14.1 Å². The summed E-state index contributed by atoms with van der Waals surface area (Å²) in [6, 6.07) is 4.21. The van der Waals surface area contributed by atoms with Crippen LogP contribution in [0, 0.1) is 15.9 Å². The first-order chi connectivity index (χ1) is 6.65. The van der Waals surface area contributed by atoms with Gasteiger partial charge in [0.2, 0.25) is 6.20 Å². The maximum atomic E-state index is 13.1. The molecule has 0 aliphatic heterocycles. The maximum Gasteiger partial charge on any atom is 0.235 e. The molecule has 14 heavy (non-hydrogen) atoms. The Balaban J connectivity index is 3.11. The highest BCUT2D eigenvalue weighted by Crippen LogP contribution is 2.22. The summed E-state index contributed by atoms with van der Waals surface area (Å²) < 4.78 is 18.0. The summed E-state index contributed by atoms with van der Waals surface area (Å²) in [6.07, 6.45) is 1.73. The van der Waals surface area contributed by atoms with Crippen LogP contribution in [0.25, 0.3) is 6.08 Å². The molecule has 0 saturated heterocycles. The number of hydrogen-bond acceptors (Lipinski definition) is 3. The highest BCUT2D eigenvalue weighted by molar-refractivity contribution is 5.57. The van der Waals surface area contributed by atoms with Crippen molar-refractivity contribution in [3.63, 3.8) is 0 Å². The van der Waals surface area contributed by atoms with Gasteiger partial charge in [-0.1, -0.05) is 6.07 Å². The second kappa shape index (κ2) is 4.36. The van der Waals surface area contributed by atoms with Gasteiger partial charge in [-0.25, -0.2) is 4.39 Å². The van der Waals surface area contributed by atoms with E-state index in [-0.39, 0.29) is 11.3 Å². The van der Waals surface area contributed by atoms with Crippen molar-refractivity contribution in [1.29, 1.82) is 0 Å². The Hall–Kier alpha value is -1.91. The molecule has 74 valence electrons. The van der Waals surface area contributed by atoms with Gasteiger partial charge in [0.05, 0.1) is 17.6 Å². The maximum absolute atomic E-state index is 13.1. The number of nitro groups is 1. The number of halogens is 1. The summed E-state index contributed by atoms with van der Waals surface area (Å²) in [5, 5.41) is 10.0. The van der Waals surface area contributed by atoms with Crippen LogP contribution in [0.3, 0.4) is 0 Å². The molecule has 0 bridgehead atoms. The molecule has 0 unspecified atom stereocenters. The molecule has 0 atom stereocenters. The molecule has 1 aromatic carbocycles. The predicted octanol–water partition coefficient (Wildman–Crippen LogP) is 2.08. The summed E-state index contributed by atoms with van der Waals surface area (Å²) >= 11 is 0. The Morgan fingerprint density at radius 3 is 2.86 bits per heavy atom. The molecule has 0 heterocycles. The molecular formula is C9H8FNO3. The van der Waals surface area contributed by atoms with E-state index < -0.39 is 10.7 Å². The smallest absolute Gasteiger partial charge is 0.235 e. The van der Waals surface area contributed by atoms with Crippen LogP contribution in [0.2, 0.25) is 0 Å². The van der Waals surface area contributed by atoms with Crippen LogP contribution >= 0.6 is 0 Å². The molecule has 0 N–H and O–H groups in total. The highest BCUT2D eigenvalue weighted by Gasteiger charge is 2.06. The lowest BCUT2D eigenvalue weighted by atomic mass is 10.2. The van der Waals surface area contributed by atoms with Gasteiger partial charge in [-0.05, 0) is 12.1 Å². The summed E-state index contributed by atoms with van der Waals surface area (Å²) in [7, 11) is 1.37. The first kappa shape index (κ1) is 10.2. The van der Waals surface area contributed by atoms with Crippen molar-refractivity contribution in [2.75, 3.05) is 7.11 Å². The van der Waals surface area contributed by atoms with Crippen LogP contribution in [-0.4, -0.2) is 12.0 Å². The van der Waals surface area contributed by atoms with Crippen LogP contribution in [-0.2, 0) is 0 Å². The fraction of sp³-hybridized carbons (Fsp3) is 0.111. The summed E-state index contributed by atoms with van der Waals surface area (Å²) in [5.74, 6) is -0.287. The monoisotopic (exact) mass is 197 g/mol. The minimum atomic E-state index is -0.661. The first-order valence-electron chi connectivity index (χ1n) is 3.79. The van der Waals surface area contributed by atoms with Gasteiger partial charge in [-0.2, -0.15) is 0 Å². The zero-order valence-corrected chi connectivity index (χ0v) is 7.44. The number of ether oxygens (including phenoxy) is 1. The minimum Gasteiger partial charge on any atom is -0.496 e. The van der Waals surface area contributed by atoms with E-state index in [2.05, 4.69) is 0 Å². The molecule has 0 spiro atoms. The lowest BCUT2D eigenvalue weighted by Crippen LogP contribution is -1.91. The molecular weight excluding hydrogens is 189 g/mol. The standard InChI is InChI=1S/C9H8FNO3/c1-14-9-4-2-3-8(10)7(9)5-6-11(12)13/h2-6H,1H3/b6-5+. The fourth-order valence-electron chi connectivity index (χ4n) is 0.992. The van der Waals surface area contributed by atoms with Crippen molar-refractivity contribution in [3.8, 4) is 5.75 Å². The predicted molar refractivity (Wildman–Crippen MR) is 49.0 cm³/mol. The normalized spacial score (nSPS) is 10.4. The van der Waals surface area contributed by atoms with E-state index in [0.717, 1.165) is 6.08 Å². The van der Waals surface area contributed by atoms with E-state index >= 15 is 0 Å².